The van der Waals surface area contributed by atoms with E-state index in [0.717, 1.165) is 11.1 Å². The maximum atomic E-state index is 12.2. The fraction of sp³-hybridized carbons (Fsp3) is 0.267. The Morgan fingerprint density at radius 1 is 1.10 bits per heavy atom. The molecule has 0 radical (unpaired) electrons. The predicted molar refractivity (Wildman–Crippen MR) is 74.3 cm³/mol. The third-order valence-electron chi connectivity index (χ3n) is 2.92. The molecule has 0 unspecified atom stereocenters. The van der Waals surface area contributed by atoms with Gasteiger partial charge in [0, 0.05) is 18.1 Å². The molecule has 1 aromatic heterocycles. The molecule has 0 aliphatic heterocycles. The molecule has 5 heteroatoms. The van der Waals surface area contributed by atoms with Gasteiger partial charge < -0.3 is 9.47 Å². The average molecular weight is 272 g/mol. The van der Waals surface area contributed by atoms with Crippen LogP contribution in [0, 0.1) is 6.92 Å². The molecular formula is C15H16N2O3. The zero-order valence-electron chi connectivity index (χ0n) is 11.7. The zero-order chi connectivity index (χ0) is 14.5. The van der Waals surface area contributed by atoms with Crippen molar-refractivity contribution in [2.45, 2.75) is 13.3 Å². The number of nitrogens with zero attached hydrogens (tertiary/aromatic N) is 2. The second kappa shape index (κ2) is 6.14. The summed E-state index contributed by atoms with van der Waals surface area (Å²) in [4.78, 5) is 12.2. The number of ether oxygens (including phenoxy) is 2. The summed E-state index contributed by atoms with van der Waals surface area (Å²) in [7, 11) is 3.09. The summed E-state index contributed by atoms with van der Waals surface area (Å²) in [5.41, 5.74) is 2.24. The molecule has 1 heterocycles. The molecule has 2 rings (SSSR count). The molecule has 0 N–H and O–H groups in total. The number of aromatic nitrogens is 2. The Bertz CT molecular complexity index is 609. The van der Waals surface area contributed by atoms with Gasteiger partial charge in [0.25, 0.3) is 0 Å². The largest absolute Gasteiger partial charge is 0.496 e. The minimum atomic E-state index is -0.107. The van der Waals surface area contributed by atoms with Crippen molar-refractivity contribution in [2.24, 2.45) is 0 Å². The second-order valence-electron chi connectivity index (χ2n) is 4.38. The summed E-state index contributed by atoms with van der Waals surface area (Å²) in [6.45, 7) is 1.97. The fourth-order valence-corrected chi connectivity index (χ4v) is 1.89. The monoisotopic (exact) mass is 272 g/mol. The van der Waals surface area contributed by atoms with E-state index >= 15 is 0 Å². The molecule has 104 valence electrons. The van der Waals surface area contributed by atoms with E-state index in [0.29, 0.717) is 17.3 Å². The van der Waals surface area contributed by atoms with Crippen molar-refractivity contribution in [1.82, 2.24) is 10.2 Å². The number of hydrogen-bond acceptors (Lipinski definition) is 5. The molecule has 0 amide bonds. The van der Waals surface area contributed by atoms with Crippen molar-refractivity contribution in [3.05, 3.63) is 47.2 Å². The summed E-state index contributed by atoms with van der Waals surface area (Å²) in [6.07, 6.45) is 0.228. The number of rotatable bonds is 5. The summed E-state index contributed by atoms with van der Waals surface area (Å²) >= 11 is 0. The Morgan fingerprint density at radius 3 is 2.50 bits per heavy atom. The van der Waals surface area contributed by atoms with Crippen LogP contribution in [0.25, 0.3) is 0 Å². The number of ketones is 1. The molecule has 0 aliphatic rings. The van der Waals surface area contributed by atoms with Gasteiger partial charge in [-0.25, -0.2) is 0 Å². The minimum absolute atomic E-state index is 0.107. The first-order chi connectivity index (χ1) is 9.63. The van der Waals surface area contributed by atoms with E-state index in [2.05, 4.69) is 10.2 Å². The molecule has 0 saturated carbocycles. The molecule has 5 nitrogen and oxygen atoms in total. The van der Waals surface area contributed by atoms with E-state index in [-0.39, 0.29) is 12.2 Å². The predicted octanol–water partition coefficient (Wildman–Crippen LogP) is 2.23. The third kappa shape index (κ3) is 3.12. The first-order valence-electron chi connectivity index (χ1n) is 6.18. The van der Waals surface area contributed by atoms with Crippen LogP contribution in [0.5, 0.6) is 11.6 Å². The molecule has 0 aliphatic carbocycles. The SMILES string of the molecule is COc1ccc(C(=O)Cc2cc(C)ccc2OC)nn1. The Labute approximate surface area is 117 Å². The molecule has 1 aromatic carbocycles. The van der Waals surface area contributed by atoms with E-state index < -0.39 is 0 Å². The van der Waals surface area contributed by atoms with Crippen molar-refractivity contribution >= 4 is 5.78 Å². The van der Waals surface area contributed by atoms with Gasteiger partial charge in [-0.1, -0.05) is 17.7 Å². The number of hydrogen-bond donors (Lipinski definition) is 0. The lowest BCUT2D eigenvalue weighted by Gasteiger charge is -2.08. The van der Waals surface area contributed by atoms with Crippen LogP contribution < -0.4 is 9.47 Å². The van der Waals surface area contributed by atoms with E-state index in [1.54, 1.807) is 19.2 Å². The van der Waals surface area contributed by atoms with E-state index in [1.807, 2.05) is 25.1 Å². The number of benzene rings is 1. The number of carbonyl (C=O) groups excluding carboxylic acids is 1. The molecule has 0 atom stereocenters. The van der Waals surface area contributed by atoms with Crippen LogP contribution in [-0.4, -0.2) is 30.2 Å². The Balaban J connectivity index is 2.20. The van der Waals surface area contributed by atoms with Gasteiger partial charge in [-0.3, -0.25) is 4.79 Å². The van der Waals surface area contributed by atoms with Crippen LogP contribution in [0.3, 0.4) is 0 Å². The van der Waals surface area contributed by atoms with Crippen molar-refractivity contribution in [2.75, 3.05) is 14.2 Å². The van der Waals surface area contributed by atoms with Crippen LogP contribution in [0.2, 0.25) is 0 Å². The lowest BCUT2D eigenvalue weighted by Crippen LogP contribution is -2.08. The highest BCUT2D eigenvalue weighted by Crippen LogP contribution is 2.21. The van der Waals surface area contributed by atoms with Crippen molar-refractivity contribution < 1.29 is 14.3 Å². The first-order valence-corrected chi connectivity index (χ1v) is 6.18. The van der Waals surface area contributed by atoms with Gasteiger partial charge in [-0.15, -0.1) is 10.2 Å². The van der Waals surface area contributed by atoms with Crippen LogP contribution in [-0.2, 0) is 6.42 Å². The topological polar surface area (TPSA) is 61.3 Å². The quantitative estimate of drug-likeness (QED) is 0.781. The van der Waals surface area contributed by atoms with Gasteiger partial charge in [0.1, 0.15) is 11.4 Å². The number of aryl methyl sites for hydroxylation is 1. The highest BCUT2D eigenvalue weighted by atomic mass is 16.5. The molecule has 0 fully saturated rings. The number of methoxy groups -OCH3 is 2. The highest BCUT2D eigenvalue weighted by molar-refractivity contribution is 5.96. The Morgan fingerprint density at radius 2 is 1.90 bits per heavy atom. The maximum absolute atomic E-state index is 12.2. The number of carbonyl (C=O) groups is 1. The van der Waals surface area contributed by atoms with Crippen LogP contribution in [0.4, 0.5) is 0 Å². The van der Waals surface area contributed by atoms with E-state index in [1.165, 1.54) is 7.11 Å². The van der Waals surface area contributed by atoms with Crippen molar-refractivity contribution in [3.8, 4) is 11.6 Å². The summed E-state index contributed by atoms with van der Waals surface area (Å²) in [6, 6.07) is 8.97. The van der Waals surface area contributed by atoms with Gasteiger partial charge in [0.05, 0.1) is 14.2 Å². The van der Waals surface area contributed by atoms with Crippen LogP contribution in [0.15, 0.2) is 30.3 Å². The maximum Gasteiger partial charge on any atom is 0.233 e. The van der Waals surface area contributed by atoms with Gasteiger partial charge in [-0.05, 0) is 19.1 Å². The first kappa shape index (κ1) is 14.0. The Kier molecular flexibility index (Phi) is 4.30. The standard InChI is InChI=1S/C15H16N2O3/c1-10-4-6-14(19-2)11(8-10)9-13(18)12-5-7-15(20-3)17-16-12/h4-8H,9H2,1-3H3. The van der Waals surface area contributed by atoms with Crippen molar-refractivity contribution in [3.63, 3.8) is 0 Å². The lowest BCUT2D eigenvalue weighted by atomic mass is 10.0. The van der Waals surface area contributed by atoms with E-state index in [4.69, 9.17) is 9.47 Å². The minimum Gasteiger partial charge on any atom is -0.496 e. The van der Waals surface area contributed by atoms with Gasteiger partial charge >= 0.3 is 0 Å². The fourth-order valence-electron chi connectivity index (χ4n) is 1.89. The van der Waals surface area contributed by atoms with Crippen molar-refractivity contribution in [1.29, 1.82) is 0 Å². The van der Waals surface area contributed by atoms with Gasteiger partial charge in [0.2, 0.25) is 5.88 Å². The normalized spacial score (nSPS) is 10.2. The summed E-state index contributed by atoms with van der Waals surface area (Å²) in [5, 5.41) is 7.65. The number of Topliss-reactive ketones (excluding diaryl/α,β-unsaturated/α-hetero) is 1. The molecular weight excluding hydrogens is 256 g/mol. The average Bonchev–Trinajstić information content (AvgIpc) is 2.47. The summed E-state index contributed by atoms with van der Waals surface area (Å²) < 4.78 is 10.2. The second-order valence-corrected chi connectivity index (χ2v) is 4.38. The van der Waals surface area contributed by atoms with Gasteiger partial charge in [0.15, 0.2) is 5.78 Å². The molecule has 2 aromatic rings. The van der Waals surface area contributed by atoms with E-state index in [9.17, 15) is 4.79 Å². The highest BCUT2D eigenvalue weighted by Gasteiger charge is 2.13. The Hall–Kier alpha value is -2.43. The molecule has 0 spiro atoms. The summed E-state index contributed by atoms with van der Waals surface area (Å²) in [5.74, 6) is 0.976. The zero-order valence-corrected chi connectivity index (χ0v) is 11.7. The lowest BCUT2D eigenvalue weighted by molar-refractivity contribution is 0.0986. The molecule has 0 saturated heterocycles. The smallest absolute Gasteiger partial charge is 0.233 e. The third-order valence-corrected chi connectivity index (χ3v) is 2.92. The molecule has 0 bridgehead atoms. The van der Waals surface area contributed by atoms with Crippen LogP contribution >= 0.6 is 0 Å². The molecule has 20 heavy (non-hydrogen) atoms. The van der Waals surface area contributed by atoms with Crippen LogP contribution in [0.1, 0.15) is 21.6 Å². The van der Waals surface area contributed by atoms with Gasteiger partial charge in [-0.2, -0.15) is 0 Å².